The molecule has 0 saturated carbocycles. The first-order valence-electron chi connectivity index (χ1n) is 7.34. The second-order valence-electron chi connectivity index (χ2n) is 4.90. The van der Waals surface area contributed by atoms with Gasteiger partial charge in [-0.05, 0) is 25.5 Å². The van der Waals surface area contributed by atoms with E-state index < -0.39 is 0 Å². The Kier molecular flexibility index (Phi) is 8.67. The summed E-state index contributed by atoms with van der Waals surface area (Å²) in [4.78, 5) is 11.6. The third-order valence-electron chi connectivity index (χ3n) is 2.94. The SMILES string of the molecule is CCNC(C)CC(=O)NCCCOCc1ccccc1. The van der Waals surface area contributed by atoms with Gasteiger partial charge in [0.05, 0.1) is 6.61 Å². The van der Waals surface area contributed by atoms with E-state index in [1.807, 2.05) is 44.2 Å². The van der Waals surface area contributed by atoms with E-state index in [0.29, 0.717) is 26.2 Å². The Labute approximate surface area is 121 Å². The van der Waals surface area contributed by atoms with E-state index in [0.717, 1.165) is 13.0 Å². The van der Waals surface area contributed by atoms with Gasteiger partial charge in [-0.3, -0.25) is 4.79 Å². The molecule has 0 aliphatic carbocycles. The molecule has 1 rings (SSSR count). The molecule has 2 N–H and O–H groups in total. The summed E-state index contributed by atoms with van der Waals surface area (Å²) in [6, 6.07) is 10.3. The van der Waals surface area contributed by atoms with Crippen molar-refractivity contribution in [3.63, 3.8) is 0 Å². The number of amides is 1. The summed E-state index contributed by atoms with van der Waals surface area (Å²) in [6.45, 7) is 6.92. The van der Waals surface area contributed by atoms with Gasteiger partial charge in [-0.25, -0.2) is 0 Å². The van der Waals surface area contributed by atoms with Crippen LogP contribution in [0, 0.1) is 0 Å². The Morgan fingerprint density at radius 2 is 2.05 bits per heavy atom. The van der Waals surface area contributed by atoms with Crippen molar-refractivity contribution in [1.82, 2.24) is 10.6 Å². The molecule has 1 amide bonds. The van der Waals surface area contributed by atoms with E-state index in [-0.39, 0.29) is 11.9 Å². The van der Waals surface area contributed by atoms with E-state index in [1.54, 1.807) is 0 Å². The lowest BCUT2D eigenvalue weighted by molar-refractivity contribution is -0.121. The average Bonchev–Trinajstić information content (AvgIpc) is 2.44. The number of ether oxygens (including phenoxy) is 1. The van der Waals surface area contributed by atoms with Gasteiger partial charge in [0.2, 0.25) is 5.91 Å². The molecule has 0 radical (unpaired) electrons. The zero-order valence-electron chi connectivity index (χ0n) is 12.5. The zero-order chi connectivity index (χ0) is 14.6. The number of benzene rings is 1. The first-order chi connectivity index (χ1) is 9.72. The molecular formula is C16H26N2O2. The highest BCUT2D eigenvalue weighted by Gasteiger charge is 2.06. The van der Waals surface area contributed by atoms with Crippen LogP contribution in [-0.4, -0.2) is 31.6 Å². The van der Waals surface area contributed by atoms with Crippen LogP contribution in [-0.2, 0) is 16.1 Å². The third kappa shape index (κ3) is 7.92. The number of nitrogens with one attached hydrogen (secondary N) is 2. The molecule has 0 bridgehead atoms. The molecule has 20 heavy (non-hydrogen) atoms. The van der Waals surface area contributed by atoms with Gasteiger partial charge < -0.3 is 15.4 Å². The molecule has 1 aromatic rings. The summed E-state index contributed by atoms with van der Waals surface area (Å²) in [5.41, 5.74) is 1.18. The van der Waals surface area contributed by atoms with Crippen LogP contribution in [0.4, 0.5) is 0 Å². The molecule has 1 atom stereocenters. The molecule has 1 aromatic carbocycles. The number of carbonyl (C=O) groups is 1. The maximum atomic E-state index is 11.6. The summed E-state index contributed by atoms with van der Waals surface area (Å²) in [5.74, 6) is 0.0986. The smallest absolute Gasteiger partial charge is 0.221 e. The van der Waals surface area contributed by atoms with Crippen molar-refractivity contribution in [3.8, 4) is 0 Å². The van der Waals surface area contributed by atoms with Crippen LogP contribution in [0.1, 0.15) is 32.3 Å². The summed E-state index contributed by atoms with van der Waals surface area (Å²) in [7, 11) is 0. The number of carbonyl (C=O) groups excluding carboxylic acids is 1. The Morgan fingerprint density at radius 3 is 2.75 bits per heavy atom. The number of hydrogen-bond acceptors (Lipinski definition) is 3. The largest absolute Gasteiger partial charge is 0.377 e. The molecule has 1 unspecified atom stereocenters. The Morgan fingerprint density at radius 1 is 1.30 bits per heavy atom. The maximum absolute atomic E-state index is 11.6. The topological polar surface area (TPSA) is 50.4 Å². The van der Waals surface area contributed by atoms with Gasteiger partial charge in [0.15, 0.2) is 0 Å². The molecule has 4 nitrogen and oxygen atoms in total. The summed E-state index contributed by atoms with van der Waals surface area (Å²) in [6.07, 6.45) is 1.37. The fraction of sp³-hybridized carbons (Fsp3) is 0.562. The van der Waals surface area contributed by atoms with E-state index in [9.17, 15) is 4.79 Å². The Balaban J connectivity index is 1.98. The van der Waals surface area contributed by atoms with Gasteiger partial charge in [0.25, 0.3) is 0 Å². The molecule has 112 valence electrons. The maximum Gasteiger partial charge on any atom is 0.221 e. The second kappa shape index (κ2) is 10.4. The molecule has 0 aromatic heterocycles. The quantitative estimate of drug-likeness (QED) is 0.644. The van der Waals surface area contributed by atoms with Gasteiger partial charge in [0, 0.05) is 25.6 Å². The number of rotatable bonds is 10. The first-order valence-corrected chi connectivity index (χ1v) is 7.34. The van der Waals surface area contributed by atoms with Crippen molar-refractivity contribution in [2.45, 2.75) is 39.3 Å². The molecule has 4 heteroatoms. The minimum Gasteiger partial charge on any atom is -0.377 e. The monoisotopic (exact) mass is 278 g/mol. The van der Waals surface area contributed by atoms with Crippen molar-refractivity contribution in [3.05, 3.63) is 35.9 Å². The lowest BCUT2D eigenvalue weighted by Gasteiger charge is -2.12. The third-order valence-corrected chi connectivity index (χ3v) is 2.94. The molecular weight excluding hydrogens is 252 g/mol. The van der Waals surface area contributed by atoms with Crippen LogP contribution < -0.4 is 10.6 Å². The average molecular weight is 278 g/mol. The molecule has 0 saturated heterocycles. The van der Waals surface area contributed by atoms with Crippen molar-refractivity contribution < 1.29 is 9.53 Å². The fourth-order valence-corrected chi connectivity index (χ4v) is 1.94. The number of hydrogen-bond donors (Lipinski definition) is 2. The highest BCUT2D eigenvalue weighted by atomic mass is 16.5. The molecule has 0 heterocycles. The van der Waals surface area contributed by atoms with Crippen molar-refractivity contribution in [2.24, 2.45) is 0 Å². The summed E-state index contributed by atoms with van der Waals surface area (Å²) in [5, 5.41) is 6.13. The van der Waals surface area contributed by atoms with Crippen LogP contribution >= 0.6 is 0 Å². The molecule has 0 fully saturated rings. The predicted octanol–water partition coefficient (Wildman–Crippen LogP) is 2.10. The van der Waals surface area contributed by atoms with E-state index in [4.69, 9.17) is 4.74 Å². The van der Waals surface area contributed by atoms with E-state index in [2.05, 4.69) is 10.6 Å². The van der Waals surface area contributed by atoms with Gasteiger partial charge in [0.1, 0.15) is 0 Å². The highest BCUT2D eigenvalue weighted by molar-refractivity contribution is 5.76. The Hall–Kier alpha value is -1.39. The zero-order valence-corrected chi connectivity index (χ0v) is 12.5. The molecule has 0 aliphatic heterocycles. The Bertz CT molecular complexity index is 368. The lowest BCUT2D eigenvalue weighted by Crippen LogP contribution is -2.34. The molecule has 0 aliphatic rings. The standard InChI is InChI=1S/C16H26N2O2/c1-3-17-14(2)12-16(19)18-10-7-11-20-13-15-8-5-4-6-9-15/h4-6,8-9,14,17H,3,7,10-13H2,1-2H3,(H,18,19). The summed E-state index contributed by atoms with van der Waals surface area (Å²) < 4.78 is 5.56. The van der Waals surface area contributed by atoms with Gasteiger partial charge in [-0.1, -0.05) is 37.3 Å². The van der Waals surface area contributed by atoms with Gasteiger partial charge >= 0.3 is 0 Å². The van der Waals surface area contributed by atoms with Crippen LogP contribution in [0.3, 0.4) is 0 Å². The second-order valence-corrected chi connectivity index (χ2v) is 4.90. The predicted molar refractivity (Wildman–Crippen MR) is 81.5 cm³/mol. The van der Waals surface area contributed by atoms with Crippen LogP contribution in [0.15, 0.2) is 30.3 Å². The summed E-state index contributed by atoms with van der Waals surface area (Å²) >= 11 is 0. The van der Waals surface area contributed by atoms with Gasteiger partial charge in [-0.2, -0.15) is 0 Å². The minimum absolute atomic E-state index is 0.0986. The van der Waals surface area contributed by atoms with E-state index >= 15 is 0 Å². The fourth-order valence-electron chi connectivity index (χ4n) is 1.94. The van der Waals surface area contributed by atoms with Crippen LogP contribution in [0.2, 0.25) is 0 Å². The minimum atomic E-state index is 0.0986. The van der Waals surface area contributed by atoms with Crippen LogP contribution in [0.25, 0.3) is 0 Å². The first kappa shape index (κ1) is 16.7. The van der Waals surface area contributed by atoms with Gasteiger partial charge in [-0.15, -0.1) is 0 Å². The van der Waals surface area contributed by atoms with E-state index in [1.165, 1.54) is 5.56 Å². The normalized spacial score (nSPS) is 12.1. The van der Waals surface area contributed by atoms with Crippen LogP contribution in [0.5, 0.6) is 0 Å². The highest BCUT2D eigenvalue weighted by Crippen LogP contribution is 2.00. The molecule has 0 spiro atoms. The van der Waals surface area contributed by atoms with Crippen molar-refractivity contribution in [2.75, 3.05) is 19.7 Å². The lowest BCUT2D eigenvalue weighted by atomic mass is 10.2. The van der Waals surface area contributed by atoms with Crippen molar-refractivity contribution in [1.29, 1.82) is 0 Å². The van der Waals surface area contributed by atoms with Crippen molar-refractivity contribution >= 4 is 5.91 Å².